The first-order valence-electron chi connectivity index (χ1n) is 10.3. The second-order valence-corrected chi connectivity index (χ2v) is 7.72. The van der Waals surface area contributed by atoms with Gasteiger partial charge in [0.05, 0.1) is 11.6 Å². The third kappa shape index (κ3) is 5.18. The van der Waals surface area contributed by atoms with Crippen LogP contribution in [0.2, 0.25) is 0 Å². The molecule has 0 saturated carbocycles. The Morgan fingerprint density at radius 3 is 2.47 bits per heavy atom. The van der Waals surface area contributed by atoms with Gasteiger partial charge in [-0.1, -0.05) is 24.3 Å². The van der Waals surface area contributed by atoms with Gasteiger partial charge in [-0.3, -0.25) is 9.59 Å². The number of anilines is 1. The number of amides is 2. The van der Waals surface area contributed by atoms with E-state index in [9.17, 15) is 9.59 Å². The van der Waals surface area contributed by atoms with E-state index >= 15 is 0 Å². The van der Waals surface area contributed by atoms with Crippen molar-refractivity contribution < 1.29 is 14.3 Å². The lowest BCUT2D eigenvalue weighted by Gasteiger charge is -2.36. The summed E-state index contributed by atoms with van der Waals surface area (Å²) in [7, 11) is 0. The molecule has 2 aromatic carbocycles. The van der Waals surface area contributed by atoms with Gasteiger partial charge in [-0.2, -0.15) is 5.26 Å². The smallest absolute Gasteiger partial charge is 0.260 e. The number of rotatable bonds is 6. The van der Waals surface area contributed by atoms with E-state index in [0.29, 0.717) is 37.2 Å². The van der Waals surface area contributed by atoms with E-state index in [0.717, 1.165) is 5.69 Å². The normalized spacial score (nSPS) is 14.3. The van der Waals surface area contributed by atoms with Gasteiger partial charge >= 0.3 is 0 Å². The van der Waals surface area contributed by atoms with Crippen molar-refractivity contribution in [3.05, 3.63) is 60.2 Å². The number of nitriles is 1. The number of piperidine rings is 1. The van der Waals surface area contributed by atoms with Gasteiger partial charge in [0.2, 0.25) is 5.91 Å². The van der Waals surface area contributed by atoms with Crippen molar-refractivity contribution in [3.8, 4) is 11.8 Å². The zero-order chi connectivity index (χ0) is 21.5. The quantitative estimate of drug-likeness (QED) is 0.736. The molecule has 0 atom stereocenters. The number of nitrogens with zero attached hydrogens (tertiary/aromatic N) is 3. The predicted octanol–water partition coefficient (Wildman–Crippen LogP) is 3.62. The molecule has 6 heteroatoms. The molecule has 1 heterocycles. The molecule has 2 amide bonds. The highest BCUT2D eigenvalue weighted by atomic mass is 16.5. The lowest BCUT2D eigenvalue weighted by atomic mass is 9.94. The third-order valence-corrected chi connectivity index (χ3v) is 5.31. The zero-order valence-corrected chi connectivity index (χ0v) is 17.5. The minimum atomic E-state index is -0.141. The fraction of sp³-hybridized carbons (Fsp3) is 0.375. The predicted molar refractivity (Wildman–Crippen MR) is 115 cm³/mol. The van der Waals surface area contributed by atoms with Crippen LogP contribution < -0.4 is 9.64 Å². The topological polar surface area (TPSA) is 73.6 Å². The summed E-state index contributed by atoms with van der Waals surface area (Å²) in [5, 5.41) is 9.17. The number of para-hydroxylation sites is 1. The number of ether oxygens (including phenoxy) is 1. The third-order valence-electron chi connectivity index (χ3n) is 5.31. The molecule has 2 aromatic rings. The number of carbonyl (C=O) groups excluding carboxylic acids is 2. The highest BCUT2D eigenvalue weighted by Crippen LogP contribution is 2.26. The van der Waals surface area contributed by atoms with Crippen LogP contribution in [0.3, 0.4) is 0 Å². The first-order chi connectivity index (χ1) is 14.5. The second kappa shape index (κ2) is 9.93. The van der Waals surface area contributed by atoms with E-state index in [4.69, 9.17) is 10.00 Å². The Labute approximate surface area is 177 Å². The van der Waals surface area contributed by atoms with Gasteiger partial charge < -0.3 is 14.5 Å². The van der Waals surface area contributed by atoms with Crippen LogP contribution in [0.4, 0.5) is 5.69 Å². The van der Waals surface area contributed by atoms with Crippen molar-refractivity contribution in [3.63, 3.8) is 0 Å². The lowest BCUT2D eigenvalue weighted by Crippen LogP contribution is -2.47. The van der Waals surface area contributed by atoms with Gasteiger partial charge in [-0.15, -0.1) is 0 Å². The van der Waals surface area contributed by atoms with Gasteiger partial charge in [0.15, 0.2) is 6.61 Å². The van der Waals surface area contributed by atoms with Crippen molar-refractivity contribution in [2.75, 3.05) is 24.6 Å². The first kappa shape index (κ1) is 21.4. The van der Waals surface area contributed by atoms with Crippen LogP contribution in [0.5, 0.6) is 5.75 Å². The van der Waals surface area contributed by atoms with Crippen molar-refractivity contribution in [2.24, 2.45) is 5.92 Å². The molecule has 1 aliphatic heterocycles. The Kier molecular flexibility index (Phi) is 7.08. The summed E-state index contributed by atoms with van der Waals surface area (Å²) in [6.07, 6.45) is 1.24. The Morgan fingerprint density at radius 2 is 1.83 bits per heavy atom. The van der Waals surface area contributed by atoms with E-state index < -0.39 is 0 Å². The van der Waals surface area contributed by atoms with Crippen LogP contribution in [-0.4, -0.2) is 42.5 Å². The fourth-order valence-corrected chi connectivity index (χ4v) is 3.73. The molecule has 0 unspecified atom stereocenters. The summed E-state index contributed by atoms with van der Waals surface area (Å²) in [6.45, 7) is 5.02. The summed E-state index contributed by atoms with van der Waals surface area (Å²) in [5.41, 5.74) is 1.27. The van der Waals surface area contributed by atoms with E-state index in [1.54, 1.807) is 28.0 Å². The van der Waals surface area contributed by atoms with Crippen LogP contribution in [-0.2, 0) is 9.59 Å². The largest absolute Gasteiger partial charge is 0.484 e. The number of carbonyl (C=O) groups is 2. The fourth-order valence-electron chi connectivity index (χ4n) is 3.73. The van der Waals surface area contributed by atoms with Gasteiger partial charge in [0.1, 0.15) is 5.75 Å². The van der Waals surface area contributed by atoms with E-state index in [1.807, 2.05) is 50.2 Å². The highest BCUT2D eigenvalue weighted by molar-refractivity contribution is 5.96. The molecule has 0 radical (unpaired) electrons. The molecule has 1 aliphatic rings. The van der Waals surface area contributed by atoms with Crippen LogP contribution in [0, 0.1) is 17.2 Å². The molecule has 0 aromatic heterocycles. The van der Waals surface area contributed by atoms with Crippen molar-refractivity contribution >= 4 is 17.5 Å². The van der Waals surface area contributed by atoms with Gasteiger partial charge in [-0.05, 0) is 57.0 Å². The van der Waals surface area contributed by atoms with Crippen LogP contribution >= 0.6 is 0 Å². The summed E-state index contributed by atoms with van der Waals surface area (Å²) in [5.74, 6) is 0.514. The number of likely N-dealkylation sites (tertiary alicyclic amines) is 1. The van der Waals surface area contributed by atoms with Crippen LogP contribution in [0.15, 0.2) is 54.6 Å². The molecule has 0 spiro atoms. The van der Waals surface area contributed by atoms with Gasteiger partial charge in [0.25, 0.3) is 5.91 Å². The Balaban J connectivity index is 1.58. The average Bonchev–Trinajstić information content (AvgIpc) is 2.78. The molecular weight excluding hydrogens is 378 g/mol. The monoisotopic (exact) mass is 405 g/mol. The van der Waals surface area contributed by atoms with Crippen LogP contribution in [0.25, 0.3) is 0 Å². The Morgan fingerprint density at radius 1 is 1.13 bits per heavy atom. The second-order valence-electron chi connectivity index (χ2n) is 7.72. The molecule has 156 valence electrons. The average molecular weight is 405 g/mol. The maximum atomic E-state index is 13.2. The highest BCUT2D eigenvalue weighted by Gasteiger charge is 2.32. The minimum absolute atomic E-state index is 0.00168. The number of hydrogen-bond donors (Lipinski definition) is 0. The SMILES string of the molecule is CC(C)N(C(=O)C1CCN(C(=O)COc2ccccc2)CC1)c1cccc(C#N)c1. The van der Waals surface area contributed by atoms with Crippen molar-refractivity contribution in [2.45, 2.75) is 32.7 Å². The molecule has 0 N–H and O–H groups in total. The first-order valence-corrected chi connectivity index (χ1v) is 10.3. The molecule has 6 nitrogen and oxygen atoms in total. The molecule has 1 fully saturated rings. The maximum absolute atomic E-state index is 13.2. The van der Waals surface area contributed by atoms with Gasteiger partial charge in [-0.25, -0.2) is 0 Å². The standard InChI is InChI=1S/C24H27N3O3/c1-18(2)27(21-8-6-7-19(15-21)16-25)24(29)20-11-13-26(14-12-20)23(28)17-30-22-9-4-3-5-10-22/h3-10,15,18,20H,11-14,17H2,1-2H3. The molecule has 1 saturated heterocycles. The summed E-state index contributed by atoms with van der Waals surface area (Å²) >= 11 is 0. The summed E-state index contributed by atoms with van der Waals surface area (Å²) < 4.78 is 5.55. The Bertz CT molecular complexity index is 913. The van der Waals surface area contributed by atoms with Crippen molar-refractivity contribution in [1.82, 2.24) is 4.90 Å². The van der Waals surface area contributed by atoms with Crippen LogP contribution in [0.1, 0.15) is 32.3 Å². The number of benzene rings is 2. The zero-order valence-electron chi connectivity index (χ0n) is 17.5. The van der Waals surface area contributed by atoms with Crippen molar-refractivity contribution in [1.29, 1.82) is 5.26 Å². The van der Waals surface area contributed by atoms with E-state index in [2.05, 4.69) is 6.07 Å². The summed E-state index contributed by atoms with van der Waals surface area (Å²) in [4.78, 5) is 29.2. The molecular formula is C24H27N3O3. The molecule has 3 rings (SSSR count). The van der Waals surface area contributed by atoms with Gasteiger partial charge in [0, 0.05) is 30.7 Å². The number of hydrogen-bond acceptors (Lipinski definition) is 4. The molecule has 0 aliphatic carbocycles. The Hall–Kier alpha value is -3.33. The van der Waals surface area contributed by atoms with E-state index in [1.165, 1.54) is 0 Å². The summed E-state index contributed by atoms with van der Waals surface area (Å²) in [6, 6.07) is 18.5. The molecule has 0 bridgehead atoms. The minimum Gasteiger partial charge on any atom is -0.484 e. The van der Waals surface area contributed by atoms with E-state index in [-0.39, 0.29) is 30.4 Å². The lowest BCUT2D eigenvalue weighted by molar-refractivity contribution is -0.136. The molecule has 30 heavy (non-hydrogen) atoms. The maximum Gasteiger partial charge on any atom is 0.260 e.